The van der Waals surface area contributed by atoms with Gasteiger partial charge < -0.3 is 15.5 Å². The van der Waals surface area contributed by atoms with E-state index in [1.807, 2.05) is 6.92 Å². The van der Waals surface area contributed by atoms with Gasteiger partial charge in [-0.05, 0) is 25.5 Å². The summed E-state index contributed by atoms with van der Waals surface area (Å²) in [5.74, 6) is -1.04. The fourth-order valence-corrected chi connectivity index (χ4v) is 2.05. The molecular formula is C14H20N2O5. The van der Waals surface area contributed by atoms with Crippen molar-refractivity contribution >= 4 is 11.7 Å². The summed E-state index contributed by atoms with van der Waals surface area (Å²) in [6.07, 6.45) is -0.591. The molecule has 2 unspecified atom stereocenters. The van der Waals surface area contributed by atoms with Gasteiger partial charge in [-0.15, -0.1) is 0 Å². The Morgan fingerprint density at radius 1 is 1.48 bits per heavy atom. The SMILES string of the molecule is CCCNC(CC(=O)O)C(O)c1ccc(C)c([N+](=O)[O-])c1. The van der Waals surface area contributed by atoms with Crippen molar-refractivity contribution in [1.82, 2.24) is 5.32 Å². The number of nitro benzene ring substituents is 1. The lowest BCUT2D eigenvalue weighted by Crippen LogP contribution is -2.37. The van der Waals surface area contributed by atoms with E-state index in [4.69, 9.17) is 5.11 Å². The van der Waals surface area contributed by atoms with Gasteiger partial charge in [0.25, 0.3) is 5.69 Å². The van der Waals surface area contributed by atoms with Crippen LogP contribution in [0.2, 0.25) is 0 Å². The standard InChI is InChI=1S/C14H20N2O5/c1-3-6-15-11(8-13(17)18)14(19)10-5-4-9(2)12(7-10)16(20)21/h4-5,7,11,14-15,19H,3,6,8H2,1-2H3,(H,17,18). The highest BCUT2D eigenvalue weighted by atomic mass is 16.6. The average Bonchev–Trinajstić information content (AvgIpc) is 2.42. The summed E-state index contributed by atoms with van der Waals surface area (Å²) >= 11 is 0. The summed E-state index contributed by atoms with van der Waals surface area (Å²) in [6, 6.07) is 3.73. The minimum atomic E-state index is -1.12. The maximum absolute atomic E-state index is 10.9. The first-order chi connectivity index (χ1) is 9.86. The lowest BCUT2D eigenvalue weighted by molar-refractivity contribution is -0.385. The maximum Gasteiger partial charge on any atom is 0.305 e. The normalized spacial score (nSPS) is 13.7. The summed E-state index contributed by atoms with van der Waals surface area (Å²) in [7, 11) is 0. The van der Waals surface area contributed by atoms with Crippen LogP contribution in [0.3, 0.4) is 0 Å². The smallest absolute Gasteiger partial charge is 0.305 e. The van der Waals surface area contributed by atoms with Crippen LogP contribution in [-0.2, 0) is 4.79 Å². The molecule has 0 radical (unpaired) electrons. The van der Waals surface area contributed by atoms with E-state index in [0.717, 1.165) is 6.42 Å². The molecule has 0 saturated heterocycles. The molecule has 21 heavy (non-hydrogen) atoms. The number of aliphatic hydroxyl groups is 1. The fourth-order valence-electron chi connectivity index (χ4n) is 2.05. The summed E-state index contributed by atoms with van der Waals surface area (Å²) in [5, 5.41) is 33.1. The first-order valence-corrected chi connectivity index (χ1v) is 6.75. The Bertz CT molecular complexity index is 518. The number of carbonyl (C=O) groups is 1. The number of benzene rings is 1. The highest BCUT2D eigenvalue weighted by Crippen LogP contribution is 2.26. The van der Waals surface area contributed by atoms with Crippen molar-refractivity contribution in [3.8, 4) is 0 Å². The van der Waals surface area contributed by atoms with Crippen LogP contribution in [0.5, 0.6) is 0 Å². The van der Waals surface area contributed by atoms with Crippen LogP contribution < -0.4 is 5.32 Å². The molecule has 7 heteroatoms. The van der Waals surface area contributed by atoms with Crippen molar-refractivity contribution in [2.45, 2.75) is 38.8 Å². The number of aliphatic hydroxyl groups excluding tert-OH is 1. The van der Waals surface area contributed by atoms with Gasteiger partial charge in [-0.3, -0.25) is 14.9 Å². The summed E-state index contributed by atoms with van der Waals surface area (Å²) in [4.78, 5) is 21.3. The molecule has 3 N–H and O–H groups in total. The van der Waals surface area contributed by atoms with E-state index in [2.05, 4.69) is 5.32 Å². The summed E-state index contributed by atoms with van der Waals surface area (Å²) in [5.41, 5.74) is 0.741. The minimum absolute atomic E-state index is 0.0869. The number of hydrogen-bond donors (Lipinski definition) is 3. The fraction of sp³-hybridized carbons (Fsp3) is 0.500. The zero-order valence-corrected chi connectivity index (χ0v) is 12.1. The molecule has 2 atom stereocenters. The number of rotatable bonds is 8. The van der Waals surface area contributed by atoms with E-state index in [1.165, 1.54) is 6.07 Å². The highest BCUT2D eigenvalue weighted by molar-refractivity contribution is 5.67. The maximum atomic E-state index is 10.9. The topological polar surface area (TPSA) is 113 Å². The van der Waals surface area contributed by atoms with Gasteiger partial charge in [-0.25, -0.2) is 0 Å². The van der Waals surface area contributed by atoms with Gasteiger partial charge in [0.05, 0.1) is 17.4 Å². The number of aryl methyl sites for hydroxylation is 1. The minimum Gasteiger partial charge on any atom is -0.481 e. The summed E-state index contributed by atoms with van der Waals surface area (Å²) < 4.78 is 0. The largest absolute Gasteiger partial charge is 0.481 e. The van der Waals surface area contributed by atoms with Crippen LogP contribution in [0.15, 0.2) is 18.2 Å². The van der Waals surface area contributed by atoms with Crippen LogP contribution in [0.1, 0.15) is 37.0 Å². The summed E-state index contributed by atoms with van der Waals surface area (Å²) in [6.45, 7) is 4.09. The van der Waals surface area contributed by atoms with Crippen LogP contribution in [-0.4, -0.2) is 33.7 Å². The van der Waals surface area contributed by atoms with Crippen molar-refractivity contribution in [1.29, 1.82) is 0 Å². The van der Waals surface area contributed by atoms with Crippen molar-refractivity contribution in [2.24, 2.45) is 0 Å². The third-order valence-electron chi connectivity index (χ3n) is 3.20. The van der Waals surface area contributed by atoms with E-state index in [9.17, 15) is 20.0 Å². The number of nitrogens with zero attached hydrogens (tertiary/aromatic N) is 1. The van der Waals surface area contributed by atoms with E-state index >= 15 is 0 Å². The second-order valence-electron chi connectivity index (χ2n) is 4.91. The average molecular weight is 296 g/mol. The number of hydrogen-bond acceptors (Lipinski definition) is 5. The van der Waals surface area contributed by atoms with Gasteiger partial charge in [-0.1, -0.05) is 19.1 Å². The van der Waals surface area contributed by atoms with Crippen LogP contribution in [0, 0.1) is 17.0 Å². The Kier molecular flexibility index (Phi) is 6.26. The predicted molar refractivity (Wildman–Crippen MR) is 77.1 cm³/mol. The molecule has 0 aliphatic heterocycles. The third-order valence-corrected chi connectivity index (χ3v) is 3.20. The number of nitrogens with one attached hydrogen (secondary N) is 1. The molecule has 7 nitrogen and oxygen atoms in total. The Morgan fingerprint density at radius 2 is 2.14 bits per heavy atom. The van der Waals surface area contributed by atoms with E-state index < -0.39 is 23.0 Å². The van der Waals surface area contributed by atoms with E-state index in [1.54, 1.807) is 19.1 Å². The molecule has 0 bridgehead atoms. The number of carboxylic acids is 1. The molecule has 0 aromatic heterocycles. The molecule has 0 aliphatic carbocycles. The van der Waals surface area contributed by atoms with Gasteiger partial charge in [0.1, 0.15) is 0 Å². The highest BCUT2D eigenvalue weighted by Gasteiger charge is 2.25. The molecule has 0 saturated carbocycles. The molecule has 116 valence electrons. The molecule has 1 aromatic rings. The molecule has 0 fully saturated rings. The Morgan fingerprint density at radius 3 is 2.67 bits per heavy atom. The zero-order valence-electron chi connectivity index (χ0n) is 12.1. The predicted octanol–water partition coefficient (Wildman–Crippen LogP) is 1.78. The molecular weight excluding hydrogens is 276 g/mol. The van der Waals surface area contributed by atoms with Gasteiger partial charge in [0, 0.05) is 17.7 Å². The van der Waals surface area contributed by atoms with Crippen molar-refractivity contribution < 1.29 is 19.9 Å². The Labute approximate surface area is 122 Å². The molecule has 0 aliphatic rings. The number of aliphatic carboxylic acids is 1. The lowest BCUT2D eigenvalue weighted by atomic mass is 9.98. The second-order valence-corrected chi connectivity index (χ2v) is 4.91. The first-order valence-electron chi connectivity index (χ1n) is 6.75. The lowest BCUT2D eigenvalue weighted by Gasteiger charge is -2.23. The van der Waals surface area contributed by atoms with Crippen LogP contribution in [0.25, 0.3) is 0 Å². The molecule has 1 rings (SSSR count). The van der Waals surface area contributed by atoms with Crippen molar-refractivity contribution in [3.63, 3.8) is 0 Å². The van der Waals surface area contributed by atoms with Gasteiger partial charge in [0.15, 0.2) is 0 Å². The third kappa shape index (κ3) is 4.80. The van der Waals surface area contributed by atoms with Gasteiger partial charge in [0.2, 0.25) is 0 Å². The molecule has 0 heterocycles. The number of nitro groups is 1. The van der Waals surface area contributed by atoms with Crippen LogP contribution >= 0.6 is 0 Å². The molecule has 0 amide bonds. The zero-order chi connectivity index (χ0) is 16.0. The molecule has 0 spiro atoms. The van der Waals surface area contributed by atoms with Crippen LogP contribution in [0.4, 0.5) is 5.69 Å². The van der Waals surface area contributed by atoms with Gasteiger partial charge in [-0.2, -0.15) is 0 Å². The van der Waals surface area contributed by atoms with Gasteiger partial charge >= 0.3 is 5.97 Å². The monoisotopic (exact) mass is 296 g/mol. The first kappa shape index (κ1) is 17.1. The Hall–Kier alpha value is -1.99. The number of carboxylic acid groups (broad SMARTS) is 1. The van der Waals surface area contributed by atoms with E-state index in [-0.39, 0.29) is 12.1 Å². The quantitative estimate of drug-likeness (QED) is 0.498. The van der Waals surface area contributed by atoms with E-state index in [0.29, 0.717) is 17.7 Å². The van der Waals surface area contributed by atoms with Crippen molar-refractivity contribution in [2.75, 3.05) is 6.54 Å². The second kappa shape index (κ2) is 7.70. The van der Waals surface area contributed by atoms with Crippen molar-refractivity contribution in [3.05, 3.63) is 39.4 Å². The molecule has 1 aromatic carbocycles. The Balaban J connectivity index is 3.01.